The second-order valence-corrected chi connectivity index (χ2v) is 6.59. The number of hydrogen-bond donors (Lipinski definition) is 1. The van der Waals surface area contributed by atoms with E-state index in [1.54, 1.807) is 31.2 Å². The van der Waals surface area contributed by atoms with Gasteiger partial charge in [0.25, 0.3) is 0 Å². The first-order valence-corrected chi connectivity index (χ1v) is 9.35. The number of hydroxylamine groups is 1. The van der Waals surface area contributed by atoms with Crippen LogP contribution in [0.25, 0.3) is 0 Å². The van der Waals surface area contributed by atoms with E-state index < -0.39 is 17.5 Å². The molecule has 0 spiro atoms. The van der Waals surface area contributed by atoms with E-state index >= 15 is 0 Å². The Balaban J connectivity index is 1.70. The van der Waals surface area contributed by atoms with Crippen LogP contribution in [0.2, 0.25) is 0 Å². The fourth-order valence-corrected chi connectivity index (χ4v) is 3.07. The van der Waals surface area contributed by atoms with E-state index in [2.05, 4.69) is 14.7 Å². The minimum atomic E-state index is -0.768. The summed E-state index contributed by atoms with van der Waals surface area (Å²) in [6, 6.07) is 9.73. The van der Waals surface area contributed by atoms with Gasteiger partial charge in [-0.3, -0.25) is 0 Å². The summed E-state index contributed by atoms with van der Waals surface area (Å²) in [5.74, 6) is -2.36. The van der Waals surface area contributed by atoms with Crippen molar-refractivity contribution in [2.45, 2.75) is 18.4 Å². The van der Waals surface area contributed by atoms with Gasteiger partial charge in [0.05, 0.1) is 11.1 Å². The SMILES string of the molecule is CCN([O-])c1ccccc1SNc1nc(OCc2ccc(F)cc2F)ncc1F. The average molecular weight is 421 g/mol. The van der Waals surface area contributed by atoms with E-state index in [4.69, 9.17) is 4.74 Å². The normalized spacial score (nSPS) is 10.7. The number of para-hydroxylation sites is 1. The zero-order valence-electron chi connectivity index (χ0n) is 15.2. The number of rotatable bonds is 8. The van der Waals surface area contributed by atoms with Crippen molar-refractivity contribution in [1.29, 1.82) is 0 Å². The van der Waals surface area contributed by atoms with E-state index in [9.17, 15) is 18.4 Å². The fraction of sp³-hybridized carbons (Fsp3) is 0.158. The molecule has 29 heavy (non-hydrogen) atoms. The molecule has 0 aliphatic carbocycles. The first-order chi connectivity index (χ1) is 14.0. The highest BCUT2D eigenvalue weighted by Crippen LogP contribution is 2.31. The van der Waals surface area contributed by atoms with Crippen LogP contribution in [0.1, 0.15) is 12.5 Å². The van der Waals surface area contributed by atoms with Crippen LogP contribution >= 0.6 is 11.9 Å². The molecular weight excluding hydrogens is 405 g/mol. The number of halogens is 3. The van der Waals surface area contributed by atoms with E-state index in [-0.39, 0.29) is 30.5 Å². The molecule has 1 N–H and O–H groups in total. The molecule has 0 aliphatic rings. The van der Waals surface area contributed by atoms with Crippen LogP contribution in [0, 0.1) is 22.7 Å². The van der Waals surface area contributed by atoms with Crippen LogP contribution < -0.4 is 14.5 Å². The molecule has 0 aliphatic heterocycles. The third-order valence-corrected chi connectivity index (χ3v) is 4.63. The second kappa shape index (κ2) is 9.48. The minimum absolute atomic E-state index is 0.104. The fourth-order valence-electron chi connectivity index (χ4n) is 2.30. The molecule has 0 atom stereocenters. The van der Waals surface area contributed by atoms with Crippen molar-refractivity contribution < 1.29 is 17.9 Å². The first kappa shape index (κ1) is 20.7. The monoisotopic (exact) mass is 421 g/mol. The van der Waals surface area contributed by atoms with Gasteiger partial charge in [-0.2, -0.15) is 4.98 Å². The molecule has 2 aromatic carbocycles. The second-order valence-electron chi connectivity index (χ2n) is 5.74. The van der Waals surface area contributed by atoms with Crippen molar-refractivity contribution in [1.82, 2.24) is 9.97 Å². The maximum Gasteiger partial charge on any atom is 0.318 e. The zero-order chi connectivity index (χ0) is 20.8. The number of nitrogens with one attached hydrogen (secondary N) is 1. The summed E-state index contributed by atoms with van der Waals surface area (Å²) in [5, 5.41) is 12.7. The van der Waals surface area contributed by atoms with E-state index in [1.807, 2.05) is 0 Å². The third kappa shape index (κ3) is 5.30. The predicted octanol–water partition coefficient (Wildman–Crippen LogP) is 4.92. The molecule has 3 aromatic rings. The molecule has 0 radical (unpaired) electrons. The highest BCUT2D eigenvalue weighted by molar-refractivity contribution is 8.00. The highest BCUT2D eigenvalue weighted by atomic mass is 32.2. The van der Waals surface area contributed by atoms with Crippen molar-refractivity contribution >= 4 is 23.5 Å². The van der Waals surface area contributed by atoms with Gasteiger partial charge in [0.15, 0.2) is 11.6 Å². The molecular formula is C19H16F3N4O2S-. The lowest BCUT2D eigenvalue weighted by Crippen LogP contribution is -2.14. The Labute approximate surface area is 169 Å². The molecule has 152 valence electrons. The molecule has 0 bridgehead atoms. The third-order valence-electron chi connectivity index (χ3n) is 3.77. The molecule has 0 unspecified atom stereocenters. The van der Waals surface area contributed by atoms with Gasteiger partial charge in [0.2, 0.25) is 0 Å². The molecule has 10 heteroatoms. The number of benzene rings is 2. The molecule has 6 nitrogen and oxygen atoms in total. The quantitative estimate of drug-likeness (QED) is 0.409. The number of anilines is 2. The summed E-state index contributed by atoms with van der Waals surface area (Å²) in [4.78, 5) is 8.20. The average Bonchev–Trinajstić information content (AvgIpc) is 2.72. The van der Waals surface area contributed by atoms with Gasteiger partial charge in [-0.05, 0) is 43.1 Å². The number of ether oxygens (including phenoxy) is 1. The lowest BCUT2D eigenvalue weighted by molar-refractivity contribution is 0.274. The summed E-state index contributed by atoms with van der Waals surface area (Å²) in [7, 11) is 0. The van der Waals surface area contributed by atoms with Crippen molar-refractivity contribution in [3.05, 3.63) is 76.9 Å². The molecule has 3 rings (SSSR count). The largest absolute Gasteiger partial charge is 0.758 e. The predicted molar refractivity (Wildman–Crippen MR) is 105 cm³/mol. The van der Waals surface area contributed by atoms with Crippen molar-refractivity contribution in [3.63, 3.8) is 0 Å². The zero-order valence-corrected chi connectivity index (χ0v) is 16.0. The Kier molecular flexibility index (Phi) is 6.78. The van der Waals surface area contributed by atoms with Crippen LogP contribution in [-0.2, 0) is 6.61 Å². The van der Waals surface area contributed by atoms with Gasteiger partial charge >= 0.3 is 6.01 Å². The lowest BCUT2D eigenvalue weighted by atomic mass is 10.2. The van der Waals surface area contributed by atoms with Gasteiger partial charge in [-0.1, -0.05) is 12.1 Å². The molecule has 0 fully saturated rings. The molecule has 1 heterocycles. The van der Waals surface area contributed by atoms with Crippen molar-refractivity contribution in [2.24, 2.45) is 0 Å². The summed E-state index contributed by atoms with van der Waals surface area (Å²) < 4.78 is 48.7. The standard InChI is InChI=1S/C19H16F3N4O2S/c1-2-26(27)16-5-3-4-6-17(16)29-25-18-15(22)10-23-19(24-18)28-11-12-7-8-13(20)9-14(12)21/h3-10H,2,11H2,1H3,(H,23,24,25)/q-1. The van der Waals surface area contributed by atoms with E-state index in [0.717, 1.165) is 35.3 Å². The van der Waals surface area contributed by atoms with Gasteiger partial charge in [-0.25, -0.2) is 18.2 Å². The smallest absolute Gasteiger partial charge is 0.318 e. The summed E-state index contributed by atoms with van der Waals surface area (Å²) in [6.07, 6.45) is 0.907. The van der Waals surface area contributed by atoms with Gasteiger partial charge in [0.1, 0.15) is 18.2 Å². The molecule has 0 saturated carbocycles. The van der Waals surface area contributed by atoms with Gasteiger partial charge < -0.3 is 19.7 Å². The lowest BCUT2D eigenvalue weighted by Gasteiger charge is -2.30. The Morgan fingerprint density at radius 2 is 1.93 bits per heavy atom. The Hall–Kier alpha value is -2.98. The van der Waals surface area contributed by atoms with Crippen LogP contribution in [0.4, 0.5) is 24.7 Å². The van der Waals surface area contributed by atoms with Crippen LogP contribution in [-0.4, -0.2) is 16.5 Å². The molecule has 0 saturated heterocycles. The molecule has 0 amide bonds. The van der Waals surface area contributed by atoms with Crippen molar-refractivity contribution in [3.8, 4) is 6.01 Å². The van der Waals surface area contributed by atoms with E-state index in [1.165, 1.54) is 6.07 Å². The minimum Gasteiger partial charge on any atom is -0.758 e. The highest BCUT2D eigenvalue weighted by Gasteiger charge is 2.11. The topological polar surface area (TPSA) is 73.3 Å². The van der Waals surface area contributed by atoms with Crippen LogP contribution in [0.15, 0.2) is 53.6 Å². The molecule has 1 aromatic heterocycles. The van der Waals surface area contributed by atoms with E-state index in [0.29, 0.717) is 10.6 Å². The van der Waals surface area contributed by atoms with Gasteiger partial charge in [-0.15, -0.1) is 0 Å². The summed E-state index contributed by atoms with van der Waals surface area (Å²) in [6.45, 7) is 1.73. The number of aromatic nitrogens is 2. The maximum absolute atomic E-state index is 14.0. The van der Waals surface area contributed by atoms with Crippen LogP contribution in [0.3, 0.4) is 0 Å². The summed E-state index contributed by atoms with van der Waals surface area (Å²) >= 11 is 1.01. The Morgan fingerprint density at radius 1 is 1.14 bits per heavy atom. The van der Waals surface area contributed by atoms with Crippen LogP contribution in [0.5, 0.6) is 6.01 Å². The first-order valence-electron chi connectivity index (χ1n) is 8.53. The number of hydrogen-bond acceptors (Lipinski definition) is 7. The summed E-state index contributed by atoms with van der Waals surface area (Å²) in [5.41, 5.74) is 0.539. The maximum atomic E-state index is 14.0. The van der Waals surface area contributed by atoms with Crippen molar-refractivity contribution in [2.75, 3.05) is 16.3 Å². The van der Waals surface area contributed by atoms with Gasteiger partial charge in [0, 0.05) is 23.9 Å². The Bertz CT molecular complexity index is 993. The number of nitrogens with zero attached hydrogens (tertiary/aromatic N) is 3. The Morgan fingerprint density at radius 3 is 2.69 bits per heavy atom.